The highest BCUT2D eigenvalue weighted by atomic mass is 35.5. The van der Waals surface area contributed by atoms with Gasteiger partial charge in [0.15, 0.2) is 10.9 Å². The summed E-state index contributed by atoms with van der Waals surface area (Å²) in [5.41, 5.74) is 1.10. The normalized spacial score (nSPS) is 10.9. The minimum absolute atomic E-state index is 0.0164. The standard InChI is InChI=1S/C14H10Cl2FN3OS/c1-21-11-5-10(14(17)19-13(11)16)20-22-12-6-18-9-4-7(15)2-3-8(9)12/h2-6,18,20H,1H3. The summed E-state index contributed by atoms with van der Waals surface area (Å²) >= 11 is 13.0. The Labute approximate surface area is 140 Å². The van der Waals surface area contributed by atoms with Crippen LogP contribution in [0, 0.1) is 5.95 Å². The van der Waals surface area contributed by atoms with E-state index in [4.69, 9.17) is 27.9 Å². The highest BCUT2D eigenvalue weighted by molar-refractivity contribution is 8.00. The Morgan fingerprint density at radius 2 is 2.14 bits per heavy atom. The van der Waals surface area contributed by atoms with E-state index >= 15 is 0 Å². The Bertz CT molecular complexity index is 840. The number of pyridine rings is 1. The molecule has 114 valence electrons. The van der Waals surface area contributed by atoms with Crippen LogP contribution in [0.25, 0.3) is 10.9 Å². The SMILES string of the molecule is COc1cc(NSc2c[nH]c3cc(Cl)ccc23)c(F)nc1Cl. The summed E-state index contributed by atoms with van der Waals surface area (Å²) in [7, 11) is 1.45. The van der Waals surface area contributed by atoms with Crippen LogP contribution in [-0.2, 0) is 0 Å². The molecule has 0 aliphatic carbocycles. The Kier molecular flexibility index (Phi) is 4.33. The fourth-order valence-electron chi connectivity index (χ4n) is 1.93. The Morgan fingerprint density at radius 1 is 1.32 bits per heavy atom. The van der Waals surface area contributed by atoms with E-state index in [0.717, 1.165) is 15.8 Å². The van der Waals surface area contributed by atoms with Crippen LogP contribution in [0.2, 0.25) is 10.2 Å². The molecule has 8 heteroatoms. The van der Waals surface area contributed by atoms with Gasteiger partial charge in [0.05, 0.1) is 12.0 Å². The number of halogens is 3. The summed E-state index contributed by atoms with van der Waals surface area (Å²) in [6.07, 6.45) is 1.82. The van der Waals surface area contributed by atoms with Crippen molar-refractivity contribution in [3.05, 3.63) is 46.6 Å². The molecule has 0 radical (unpaired) electrons. The first-order chi connectivity index (χ1) is 10.6. The van der Waals surface area contributed by atoms with Gasteiger partial charge in [0.25, 0.3) is 0 Å². The molecule has 0 aliphatic heterocycles. The third kappa shape index (κ3) is 2.95. The van der Waals surface area contributed by atoms with Crippen molar-refractivity contribution in [3.63, 3.8) is 0 Å². The predicted molar refractivity (Wildman–Crippen MR) is 88.5 cm³/mol. The van der Waals surface area contributed by atoms with E-state index in [0.29, 0.717) is 10.8 Å². The Morgan fingerprint density at radius 3 is 2.91 bits per heavy atom. The zero-order chi connectivity index (χ0) is 15.7. The van der Waals surface area contributed by atoms with Crippen molar-refractivity contribution >= 4 is 51.7 Å². The Balaban J connectivity index is 1.85. The highest BCUT2D eigenvalue weighted by Crippen LogP contribution is 2.33. The maximum absolute atomic E-state index is 13.8. The predicted octanol–water partition coefficient (Wildman–Crippen LogP) is 5.14. The molecule has 0 saturated carbocycles. The second kappa shape index (κ2) is 6.24. The van der Waals surface area contributed by atoms with Crippen LogP contribution < -0.4 is 9.46 Å². The molecule has 0 fully saturated rings. The number of nitrogens with one attached hydrogen (secondary N) is 2. The molecule has 2 N–H and O–H groups in total. The molecule has 3 aromatic rings. The lowest BCUT2D eigenvalue weighted by atomic mass is 10.2. The van der Waals surface area contributed by atoms with Crippen LogP contribution in [0.1, 0.15) is 0 Å². The van der Waals surface area contributed by atoms with Crippen molar-refractivity contribution < 1.29 is 9.13 Å². The number of hydrogen-bond acceptors (Lipinski definition) is 4. The molecule has 0 aliphatic rings. The van der Waals surface area contributed by atoms with E-state index in [2.05, 4.69) is 14.7 Å². The lowest BCUT2D eigenvalue weighted by Crippen LogP contribution is -1.97. The minimum atomic E-state index is -0.693. The third-order valence-corrected chi connectivity index (χ3v) is 4.38. The number of aromatic nitrogens is 2. The summed E-state index contributed by atoms with van der Waals surface area (Å²) in [6.45, 7) is 0. The summed E-state index contributed by atoms with van der Waals surface area (Å²) < 4.78 is 21.8. The van der Waals surface area contributed by atoms with Crippen LogP contribution >= 0.6 is 35.1 Å². The third-order valence-electron chi connectivity index (χ3n) is 2.99. The van der Waals surface area contributed by atoms with Crippen LogP contribution in [0.15, 0.2) is 35.4 Å². The number of aromatic amines is 1. The van der Waals surface area contributed by atoms with Crippen molar-refractivity contribution in [1.29, 1.82) is 0 Å². The molecule has 1 aromatic carbocycles. The average molecular weight is 358 g/mol. The van der Waals surface area contributed by atoms with E-state index in [1.165, 1.54) is 25.1 Å². The molecule has 2 aromatic heterocycles. The molecule has 4 nitrogen and oxygen atoms in total. The number of rotatable bonds is 4. The van der Waals surface area contributed by atoms with Crippen molar-refractivity contribution in [2.24, 2.45) is 0 Å². The van der Waals surface area contributed by atoms with Crippen molar-refractivity contribution in [2.75, 3.05) is 11.8 Å². The zero-order valence-electron chi connectivity index (χ0n) is 11.3. The molecule has 0 unspecified atom stereocenters. The van der Waals surface area contributed by atoms with Crippen molar-refractivity contribution in [2.45, 2.75) is 4.90 Å². The Hall–Kier alpha value is -1.63. The van der Waals surface area contributed by atoms with Crippen LogP contribution in [0.4, 0.5) is 10.1 Å². The number of methoxy groups -OCH3 is 1. The number of anilines is 1. The number of fused-ring (bicyclic) bond motifs is 1. The van der Waals surface area contributed by atoms with E-state index in [1.54, 1.807) is 6.07 Å². The molecule has 0 spiro atoms. The summed E-state index contributed by atoms with van der Waals surface area (Å²) in [4.78, 5) is 7.60. The van der Waals surface area contributed by atoms with Gasteiger partial charge in [-0.15, -0.1) is 0 Å². The number of nitrogens with zero attached hydrogens (tertiary/aromatic N) is 1. The first-order valence-corrected chi connectivity index (χ1v) is 7.75. The molecule has 22 heavy (non-hydrogen) atoms. The summed E-state index contributed by atoms with van der Waals surface area (Å²) in [5, 5.41) is 1.62. The fraction of sp³-hybridized carbons (Fsp3) is 0.0714. The van der Waals surface area contributed by atoms with E-state index < -0.39 is 5.95 Å². The highest BCUT2D eigenvalue weighted by Gasteiger charge is 2.12. The second-order valence-electron chi connectivity index (χ2n) is 4.37. The van der Waals surface area contributed by atoms with Gasteiger partial charge in [-0.25, -0.2) is 4.98 Å². The molecule has 0 bridgehead atoms. The quantitative estimate of drug-likeness (QED) is 0.501. The van der Waals surface area contributed by atoms with Crippen molar-refractivity contribution in [3.8, 4) is 5.75 Å². The molecule has 0 saturated heterocycles. The molecular weight excluding hydrogens is 348 g/mol. The van der Waals surface area contributed by atoms with Gasteiger partial charge in [-0.1, -0.05) is 29.3 Å². The number of H-pyrrole nitrogens is 1. The van der Waals surface area contributed by atoms with E-state index in [1.807, 2.05) is 18.3 Å². The monoisotopic (exact) mass is 357 g/mol. The van der Waals surface area contributed by atoms with Gasteiger partial charge in [-0.05, 0) is 24.1 Å². The fourth-order valence-corrected chi connectivity index (χ4v) is 3.08. The van der Waals surface area contributed by atoms with Gasteiger partial charge in [0.2, 0.25) is 5.95 Å². The number of hydrogen-bond donors (Lipinski definition) is 2. The zero-order valence-corrected chi connectivity index (χ0v) is 13.6. The maximum atomic E-state index is 13.8. The number of benzene rings is 1. The van der Waals surface area contributed by atoms with Crippen LogP contribution in [0.5, 0.6) is 5.75 Å². The average Bonchev–Trinajstić information content (AvgIpc) is 2.88. The lowest BCUT2D eigenvalue weighted by Gasteiger charge is -2.08. The van der Waals surface area contributed by atoms with Gasteiger partial charge >= 0.3 is 0 Å². The number of ether oxygens (including phenoxy) is 1. The topological polar surface area (TPSA) is 49.9 Å². The lowest BCUT2D eigenvalue weighted by molar-refractivity contribution is 0.411. The van der Waals surface area contributed by atoms with Gasteiger partial charge in [0, 0.05) is 28.2 Å². The van der Waals surface area contributed by atoms with Crippen molar-refractivity contribution in [1.82, 2.24) is 9.97 Å². The van der Waals surface area contributed by atoms with Gasteiger partial charge < -0.3 is 14.4 Å². The summed E-state index contributed by atoms with van der Waals surface area (Å²) in [6, 6.07) is 6.99. The first-order valence-electron chi connectivity index (χ1n) is 6.18. The van der Waals surface area contributed by atoms with E-state index in [-0.39, 0.29) is 10.8 Å². The van der Waals surface area contributed by atoms with Gasteiger partial charge in [-0.2, -0.15) is 4.39 Å². The summed E-state index contributed by atoms with van der Waals surface area (Å²) in [5.74, 6) is -0.391. The largest absolute Gasteiger partial charge is 0.493 e. The van der Waals surface area contributed by atoms with Crippen LogP contribution in [0.3, 0.4) is 0 Å². The molecule has 2 heterocycles. The molecule has 3 rings (SSSR count). The van der Waals surface area contributed by atoms with Gasteiger partial charge in [0.1, 0.15) is 5.69 Å². The van der Waals surface area contributed by atoms with E-state index in [9.17, 15) is 4.39 Å². The smallest absolute Gasteiger partial charge is 0.238 e. The molecule has 0 atom stereocenters. The minimum Gasteiger partial charge on any atom is -0.493 e. The van der Waals surface area contributed by atoms with Gasteiger partial charge in [-0.3, -0.25) is 0 Å². The first kappa shape index (κ1) is 15.3. The van der Waals surface area contributed by atoms with Crippen LogP contribution in [-0.4, -0.2) is 17.1 Å². The molecule has 0 amide bonds. The maximum Gasteiger partial charge on any atom is 0.238 e. The second-order valence-corrected chi connectivity index (χ2v) is 6.01. The molecular formula is C14H10Cl2FN3OS.